The molecule has 1 aliphatic rings. The predicted octanol–water partition coefficient (Wildman–Crippen LogP) is 5.03. The van der Waals surface area contributed by atoms with E-state index < -0.39 is 0 Å². The van der Waals surface area contributed by atoms with Crippen LogP contribution in [0.1, 0.15) is 12.5 Å². The van der Waals surface area contributed by atoms with Crippen molar-refractivity contribution in [2.75, 3.05) is 32.3 Å². The van der Waals surface area contributed by atoms with Crippen molar-refractivity contribution >= 4 is 50.9 Å². The van der Waals surface area contributed by atoms with Crippen molar-refractivity contribution < 1.29 is 19.0 Å². The largest absolute Gasteiger partial charge is 0.494 e. The number of methoxy groups -OCH3 is 1. The Balaban J connectivity index is 1.94. The molecule has 1 fully saturated rings. The number of carbonyl (C=O) groups is 1. The average molecular weight is 503 g/mol. The Labute approximate surface area is 195 Å². The van der Waals surface area contributed by atoms with Crippen molar-refractivity contribution in [1.82, 2.24) is 4.90 Å². The van der Waals surface area contributed by atoms with Crippen molar-refractivity contribution in [3.63, 3.8) is 0 Å². The molecule has 2 aromatic carbocycles. The number of benzene rings is 2. The number of amides is 1. The van der Waals surface area contributed by atoms with Crippen LogP contribution in [-0.2, 0) is 4.79 Å². The molecule has 0 atom stereocenters. The number of hydrogen-bond acceptors (Lipinski definition) is 5. The third-order valence-corrected chi connectivity index (χ3v) is 5.61. The van der Waals surface area contributed by atoms with Gasteiger partial charge in [-0.05, 0) is 83.1 Å². The lowest BCUT2D eigenvalue weighted by molar-refractivity contribution is -0.114. The molecule has 31 heavy (non-hydrogen) atoms. The number of carbonyl (C=O) groups excluding carboxylic acids is 1. The van der Waals surface area contributed by atoms with Crippen LogP contribution in [0.15, 0.2) is 59.2 Å². The Morgan fingerprint density at radius 1 is 1.19 bits per heavy atom. The zero-order valence-electron chi connectivity index (χ0n) is 17.6. The molecule has 0 N–H and O–H groups in total. The van der Waals surface area contributed by atoms with Crippen LogP contribution in [0.25, 0.3) is 6.08 Å². The lowest BCUT2D eigenvalue weighted by Crippen LogP contribution is -2.31. The van der Waals surface area contributed by atoms with Gasteiger partial charge in [0.25, 0.3) is 5.91 Å². The number of halogens is 1. The van der Waals surface area contributed by atoms with Crippen LogP contribution in [0.4, 0.5) is 5.69 Å². The normalized spacial score (nSPS) is 14.9. The minimum Gasteiger partial charge on any atom is -0.494 e. The molecule has 6 nitrogen and oxygen atoms in total. The SMILES string of the molecule is C=CCOc1c(Br)cc(/C=C2/C(=O)N(c3ccc(OCC)cc3)C(=S)N2C)cc1OC. The fourth-order valence-corrected chi connectivity index (χ4v) is 3.97. The topological polar surface area (TPSA) is 51.2 Å². The Hall–Kier alpha value is -2.84. The summed E-state index contributed by atoms with van der Waals surface area (Å²) >= 11 is 9.05. The minimum atomic E-state index is -0.210. The molecule has 0 saturated carbocycles. The van der Waals surface area contributed by atoms with Gasteiger partial charge in [-0.25, -0.2) is 0 Å². The molecule has 0 bridgehead atoms. The maximum absolute atomic E-state index is 13.2. The highest BCUT2D eigenvalue weighted by atomic mass is 79.9. The fourth-order valence-electron chi connectivity index (χ4n) is 3.11. The van der Waals surface area contributed by atoms with Crippen LogP contribution in [-0.4, -0.2) is 43.3 Å². The molecule has 0 aromatic heterocycles. The van der Waals surface area contributed by atoms with Gasteiger partial charge in [-0.2, -0.15) is 0 Å². The number of ether oxygens (including phenoxy) is 3. The second kappa shape index (κ2) is 9.98. The van der Waals surface area contributed by atoms with E-state index in [0.29, 0.717) is 45.7 Å². The summed E-state index contributed by atoms with van der Waals surface area (Å²) in [5, 5.41) is 0.400. The van der Waals surface area contributed by atoms with Gasteiger partial charge in [0.1, 0.15) is 18.1 Å². The van der Waals surface area contributed by atoms with Gasteiger partial charge in [-0.15, -0.1) is 0 Å². The van der Waals surface area contributed by atoms with Gasteiger partial charge < -0.3 is 19.1 Å². The first-order valence-corrected chi connectivity index (χ1v) is 10.8. The maximum Gasteiger partial charge on any atom is 0.281 e. The van der Waals surface area contributed by atoms with Crippen LogP contribution in [0.2, 0.25) is 0 Å². The van der Waals surface area contributed by atoms with Gasteiger partial charge in [-0.3, -0.25) is 9.69 Å². The predicted molar refractivity (Wildman–Crippen MR) is 130 cm³/mol. The molecule has 1 heterocycles. The summed E-state index contributed by atoms with van der Waals surface area (Å²) in [6.07, 6.45) is 3.43. The van der Waals surface area contributed by atoms with E-state index in [1.807, 2.05) is 37.3 Å². The van der Waals surface area contributed by atoms with Crippen molar-refractivity contribution in [2.45, 2.75) is 6.92 Å². The highest BCUT2D eigenvalue weighted by Crippen LogP contribution is 2.38. The van der Waals surface area contributed by atoms with E-state index in [-0.39, 0.29) is 5.91 Å². The van der Waals surface area contributed by atoms with Crippen molar-refractivity contribution in [1.29, 1.82) is 0 Å². The molecule has 3 rings (SSSR count). The Bertz CT molecular complexity index is 1040. The number of thiocarbonyl (C=S) groups is 1. The smallest absolute Gasteiger partial charge is 0.281 e. The first kappa shape index (κ1) is 22.8. The highest BCUT2D eigenvalue weighted by molar-refractivity contribution is 9.10. The van der Waals surface area contributed by atoms with Gasteiger partial charge in [0.2, 0.25) is 0 Å². The van der Waals surface area contributed by atoms with Gasteiger partial charge >= 0.3 is 0 Å². The quantitative estimate of drug-likeness (QED) is 0.286. The Morgan fingerprint density at radius 2 is 1.90 bits per heavy atom. The molecule has 0 unspecified atom stereocenters. The van der Waals surface area contributed by atoms with Crippen LogP contribution in [0.5, 0.6) is 17.2 Å². The zero-order valence-corrected chi connectivity index (χ0v) is 20.0. The molecule has 1 saturated heterocycles. The van der Waals surface area contributed by atoms with E-state index in [0.717, 1.165) is 11.3 Å². The molecule has 1 amide bonds. The lowest BCUT2D eigenvalue weighted by Gasteiger charge is -2.16. The number of anilines is 1. The van der Waals surface area contributed by atoms with Crippen molar-refractivity contribution in [3.8, 4) is 17.2 Å². The molecule has 1 aliphatic heterocycles. The zero-order chi connectivity index (χ0) is 22.5. The van der Waals surface area contributed by atoms with E-state index >= 15 is 0 Å². The highest BCUT2D eigenvalue weighted by Gasteiger charge is 2.36. The number of rotatable bonds is 8. The third-order valence-electron chi connectivity index (χ3n) is 4.57. The monoisotopic (exact) mass is 502 g/mol. The molecule has 162 valence electrons. The molecular formula is C23H23BrN2O4S. The summed E-state index contributed by atoms with van der Waals surface area (Å²) in [6.45, 7) is 6.51. The maximum atomic E-state index is 13.2. The summed E-state index contributed by atoms with van der Waals surface area (Å²) in [4.78, 5) is 16.4. The third kappa shape index (κ3) is 4.75. The van der Waals surface area contributed by atoms with E-state index in [1.54, 1.807) is 37.3 Å². The van der Waals surface area contributed by atoms with Crippen LogP contribution >= 0.6 is 28.1 Å². The molecule has 0 aliphatic carbocycles. The molecule has 0 spiro atoms. The second-order valence-electron chi connectivity index (χ2n) is 6.57. The number of likely N-dealkylation sites (N-methyl/N-ethyl adjacent to an activating group) is 1. The van der Waals surface area contributed by atoms with Gasteiger partial charge in [-0.1, -0.05) is 12.7 Å². The first-order chi connectivity index (χ1) is 14.9. The van der Waals surface area contributed by atoms with Crippen LogP contribution in [0, 0.1) is 0 Å². The Morgan fingerprint density at radius 3 is 2.52 bits per heavy atom. The van der Waals surface area contributed by atoms with Gasteiger partial charge in [0.05, 0.1) is 23.9 Å². The second-order valence-corrected chi connectivity index (χ2v) is 7.79. The van der Waals surface area contributed by atoms with Crippen molar-refractivity contribution in [2.24, 2.45) is 0 Å². The average Bonchev–Trinajstić information content (AvgIpc) is 2.97. The Kier molecular flexibility index (Phi) is 7.35. The van der Waals surface area contributed by atoms with Gasteiger partial charge in [0, 0.05) is 7.05 Å². The minimum absolute atomic E-state index is 0.210. The molecule has 0 radical (unpaired) electrons. The molecule has 8 heteroatoms. The summed E-state index contributed by atoms with van der Waals surface area (Å²) < 4.78 is 17.3. The molecule has 2 aromatic rings. The lowest BCUT2D eigenvalue weighted by atomic mass is 10.1. The van der Waals surface area contributed by atoms with Crippen LogP contribution in [0.3, 0.4) is 0 Å². The number of hydrogen-bond donors (Lipinski definition) is 0. The first-order valence-electron chi connectivity index (χ1n) is 9.59. The van der Waals surface area contributed by atoms with Crippen LogP contribution < -0.4 is 19.1 Å². The standard InChI is InChI=1S/C23H23BrN2O4S/c1-5-11-30-21-18(24)12-15(14-20(21)28-4)13-19-22(27)26(23(31)25(19)3)16-7-9-17(10-8-16)29-6-2/h5,7-10,12-14H,1,6,11H2,2-4H3/b19-13-. The van der Waals surface area contributed by atoms with E-state index in [9.17, 15) is 4.79 Å². The van der Waals surface area contributed by atoms with Crippen molar-refractivity contribution in [3.05, 3.63) is 64.8 Å². The summed E-state index contributed by atoms with van der Waals surface area (Å²) in [7, 11) is 3.34. The van der Waals surface area contributed by atoms with E-state index in [4.69, 9.17) is 26.4 Å². The molecular weight excluding hydrogens is 480 g/mol. The van der Waals surface area contributed by atoms with Gasteiger partial charge in [0.15, 0.2) is 16.6 Å². The summed E-state index contributed by atoms with van der Waals surface area (Å²) in [5.74, 6) is 1.65. The van der Waals surface area contributed by atoms with E-state index in [2.05, 4.69) is 22.5 Å². The summed E-state index contributed by atoms with van der Waals surface area (Å²) in [6, 6.07) is 10.9. The number of nitrogens with zero attached hydrogens (tertiary/aromatic N) is 2. The summed E-state index contributed by atoms with van der Waals surface area (Å²) in [5.41, 5.74) is 1.90. The fraction of sp³-hybridized carbons (Fsp3) is 0.217. The van der Waals surface area contributed by atoms with E-state index in [1.165, 1.54) is 4.90 Å².